The summed E-state index contributed by atoms with van der Waals surface area (Å²) in [7, 11) is 4.06. The van der Waals surface area contributed by atoms with E-state index >= 15 is 0 Å². The number of guanidine groups is 1. The number of rotatable bonds is 7. The molecule has 1 saturated heterocycles. The molecule has 1 aliphatic rings. The van der Waals surface area contributed by atoms with Crippen molar-refractivity contribution in [2.75, 3.05) is 59.9 Å². The van der Waals surface area contributed by atoms with Crippen LogP contribution in [0.4, 0.5) is 0 Å². The summed E-state index contributed by atoms with van der Waals surface area (Å²) in [5.74, 6) is 1.41. The third-order valence-electron chi connectivity index (χ3n) is 4.67. The predicted molar refractivity (Wildman–Crippen MR) is 105 cm³/mol. The summed E-state index contributed by atoms with van der Waals surface area (Å²) >= 11 is 1.76. The fraction of sp³-hybridized carbons (Fsp3) is 0.722. The van der Waals surface area contributed by atoms with Gasteiger partial charge in [-0.2, -0.15) is 11.3 Å². The summed E-state index contributed by atoms with van der Waals surface area (Å²) < 4.78 is 0. The van der Waals surface area contributed by atoms with Gasteiger partial charge in [0.25, 0.3) is 0 Å². The molecule has 0 aromatic carbocycles. The van der Waals surface area contributed by atoms with Crippen LogP contribution in [0.15, 0.2) is 21.8 Å². The first-order valence-electron chi connectivity index (χ1n) is 9.06. The highest BCUT2D eigenvalue weighted by atomic mass is 32.1. The molecule has 6 heteroatoms. The Morgan fingerprint density at radius 2 is 2.17 bits per heavy atom. The fourth-order valence-electron chi connectivity index (χ4n) is 2.98. The first kappa shape index (κ1) is 19.2. The van der Waals surface area contributed by atoms with Crippen molar-refractivity contribution in [1.82, 2.24) is 20.4 Å². The second kappa shape index (κ2) is 10.7. The van der Waals surface area contributed by atoms with E-state index in [2.05, 4.69) is 56.2 Å². The highest BCUT2D eigenvalue weighted by Crippen LogP contribution is 2.16. The average Bonchev–Trinajstić information content (AvgIpc) is 3.05. The molecule has 1 unspecified atom stereocenters. The molecule has 1 aromatic heterocycles. The molecule has 0 amide bonds. The van der Waals surface area contributed by atoms with Gasteiger partial charge in [0.2, 0.25) is 0 Å². The lowest BCUT2D eigenvalue weighted by Gasteiger charge is -2.20. The fourth-order valence-corrected chi connectivity index (χ4v) is 3.76. The quantitative estimate of drug-likeness (QED) is 0.448. The third kappa shape index (κ3) is 6.79. The molecular formula is C18H33N5S. The molecule has 2 heterocycles. The van der Waals surface area contributed by atoms with Crippen LogP contribution >= 0.6 is 11.3 Å². The Labute approximate surface area is 151 Å². The van der Waals surface area contributed by atoms with Crippen molar-refractivity contribution in [2.45, 2.75) is 25.7 Å². The third-order valence-corrected chi connectivity index (χ3v) is 5.37. The molecule has 1 fully saturated rings. The molecule has 5 nitrogen and oxygen atoms in total. The molecule has 0 bridgehead atoms. The first-order valence-corrected chi connectivity index (χ1v) is 10.0. The lowest BCUT2D eigenvalue weighted by molar-refractivity contribution is 0.274. The summed E-state index contributed by atoms with van der Waals surface area (Å²) in [5, 5.41) is 11.2. The Kier molecular flexibility index (Phi) is 8.56. The van der Waals surface area contributed by atoms with Crippen LogP contribution in [-0.4, -0.2) is 75.7 Å². The van der Waals surface area contributed by atoms with E-state index < -0.39 is 0 Å². The van der Waals surface area contributed by atoms with Gasteiger partial charge >= 0.3 is 0 Å². The number of aliphatic imine (C=N–C) groups is 1. The SMILES string of the molecule is CN=C(NCCCN1CCCN(C)CC1)NCC(C)c1ccsc1. The summed E-state index contributed by atoms with van der Waals surface area (Å²) in [6.07, 6.45) is 2.44. The van der Waals surface area contributed by atoms with Crippen LogP contribution in [0.3, 0.4) is 0 Å². The smallest absolute Gasteiger partial charge is 0.190 e. The van der Waals surface area contributed by atoms with Crippen LogP contribution in [0.1, 0.15) is 31.2 Å². The van der Waals surface area contributed by atoms with E-state index in [0.29, 0.717) is 5.92 Å². The number of nitrogens with one attached hydrogen (secondary N) is 2. The monoisotopic (exact) mass is 351 g/mol. The molecule has 0 radical (unpaired) electrons. The van der Waals surface area contributed by atoms with E-state index in [1.54, 1.807) is 11.3 Å². The van der Waals surface area contributed by atoms with Gasteiger partial charge in [-0.15, -0.1) is 0 Å². The minimum atomic E-state index is 0.504. The van der Waals surface area contributed by atoms with Crippen LogP contribution in [0.2, 0.25) is 0 Å². The molecule has 1 atom stereocenters. The van der Waals surface area contributed by atoms with Gasteiger partial charge in [-0.05, 0) is 67.8 Å². The summed E-state index contributed by atoms with van der Waals surface area (Å²) in [5.41, 5.74) is 1.40. The minimum absolute atomic E-state index is 0.504. The van der Waals surface area contributed by atoms with Crippen molar-refractivity contribution < 1.29 is 0 Å². The summed E-state index contributed by atoms with van der Waals surface area (Å²) in [6.45, 7) is 10.2. The van der Waals surface area contributed by atoms with Gasteiger partial charge in [-0.1, -0.05) is 6.92 Å². The molecule has 1 aromatic rings. The molecule has 0 aliphatic carbocycles. The zero-order valence-electron chi connectivity index (χ0n) is 15.4. The molecule has 0 saturated carbocycles. The molecule has 2 rings (SSSR count). The topological polar surface area (TPSA) is 42.9 Å². The Hall–Kier alpha value is -1.11. The van der Waals surface area contributed by atoms with Gasteiger partial charge in [-0.3, -0.25) is 4.99 Å². The van der Waals surface area contributed by atoms with Gasteiger partial charge in [-0.25, -0.2) is 0 Å². The van der Waals surface area contributed by atoms with E-state index in [1.165, 1.54) is 44.7 Å². The molecule has 24 heavy (non-hydrogen) atoms. The molecular weight excluding hydrogens is 318 g/mol. The molecule has 2 N–H and O–H groups in total. The van der Waals surface area contributed by atoms with Crippen LogP contribution in [-0.2, 0) is 0 Å². The van der Waals surface area contributed by atoms with E-state index in [9.17, 15) is 0 Å². The Morgan fingerprint density at radius 3 is 2.92 bits per heavy atom. The van der Waals surface area contributed by atoms with Crippen molar-refractivity contribution in [3.05, 3.63) is 22.4 Å². The van der Waals surface area contributed by atoms with Crippen LogP contribution < -0.4 is 10.6 Å². The van der Waals surface area contributed by atoms with E-state index in [0.717, 1.165) is 25.5 Å². The molecule has 136 valence electrons. The Morgan fingerprint density at radius 1 is 1.29 bits per heavy atom. The van der Waals surface area contributed by atoms with Crippen molar-refractivity contribution in [1.29, 1.82) is 0 Å². The molecule has 0 spiro atoms. The number of hydrogen-bond donors (Lipinski definition) is 2. The standard InChI is InChI=1S/C18H33N5S/c1-16(17-6-13-24-15-17)14-21-18(19-2)20-7-4-9-23-10-5-8-22(3)11-12-23/h6,13,15-16H,4-5,7-12,14H2,1-3H3,(H2,19,20,21). The first-order chi connectivity index (χ1) is 11.7. The normalized spacial score (nSPS) is 19.0. The maximum atomic E-state index is 4.33. The molecule has 1 aliphatic heterocycles. The summed E-state index contributed by atoms with van der Waals surface area (Å²) in [6, 6.07) is 2.20. The zero-order valence-corrected chi connectivity index (χ0v) is 16.2. The van der Waals surface area contributed by atoms with Crippen LogP contribution in [0, 0.1) is 0 Å². The maximum absolute atomic E-state index is 4.33. The number of thiophene rings is 1. The second-order valence-electron chi connectivity index (χ2n) is 6.69. The van der Waals surface area contributed by atoms with Crippen molar-refractivity contribution >= 4 is 17.3 Å². The number of nitrogens with zero attached hydrogens (tertiary/aromatic N) is 3. The number of likely N-dealkylation sites (N-methyl/N-ethyl adjacent to an activating group) is 1. The minimum Gasteiger partial charge on any atom is -0.356 e. The predicted octanol–water partition coefficient (Wildman–Crippen LogP) is 2.04. The lowest BCUT2D eigenvalue weighted by atomic mass is 10.1. The zero-order chi connectivity index (χ0) is 17.2. The van der Waals surface area contributed by atoms with Crippen molar-refractivity contribution in [3.63, 3.8) is 0 Å². The largest absolute Gasteiger partial charge is 0.356 e. The van der Waals surface area contributed by atoms with E-state index in [1.807, 2.05) is 7.05 Å². The van der Waals surface area contributed by atoms with Gasteiger partial charge in [0.1, 0.15) is 0 Å². The Bertz CT molecular complexity index is 474. The van der Waals surface area contributed by atoms with Gasteiger partial charge in [0.05, 0.1) is 0 Å². The highest BCUT2D eigenvalue weighted by molar-refractivity contribution is 7.07. The van der Waals surface area contributed by atoms with Gasteiger partial charge in [0.15, 0.2) is 5.96 Å². The van der Waals surface area contributed by atoms with E-state index in [4.69, 9.17) is 0 Å². The van der Waals surface area contributed by atoms with Crippen LogP contribution in [0.25, 0.3) is 0 Å². The van der Waals surface area contributed by atoms with Gasteiger partial charge in [0, 0.05) is 33.2 Å². The Balaban J connectivity index is 1.59. The van der Waals surface area contributed by atoms with Crippen molar-refractivity contribution in [2.24, 2.45) is 4.99 Å². The van der Waals surface area contributed by atoms with Crippen LogP contribution in [0.5, 0.6) is 0 Å². The average molecular weight is 352 g/mol. The van der Waals surface area contributed by atoms with Gasteiger partial charge < -0.3 is 20.4 Å². The van der Waals surface area contributed by atoms with Crippen molar-refractivity contribution in [3.8, 4) is 0 Å². The highest BCUT2D eigenvalue weighted by Gasteiger charge is 2.11. The van der Waals surface area contributed by atoms with E-state index in [-0.39, 0.29) is 0 Å². The summed E-state index contributed by atoms with van der Waals surface area (Å²) in [4.78, 5) is 9.34. The lowest BCUT2D eigenvalue weighted by Crippen LogP contribution is -2.40. The maximum Gasteiger partial charge on any atom is 0.190 e. The number of hydrogen-bond acceptors (Lipinski definition) is 4. The second-order valence-corrected chi connectivity index (χ2v) is 7.47.